The van der Waals surface area contributed by atoms with Crippen molar-refractivity contribution in [1.82, 2.24) is 0 Å². The van der Waals surface area contributed by atoms with Gasteiger partial charge < -0.3 is 0 Å². The standard InChI is InChI=1S/C13H8Cl2N2/c14-10-5-6-13-11(7-10)16-8-9-3-1-2-4-12(9)17(13)15/h1-8H. The van der Waals surface area contributed by atoms with Crippen LogP contribution in [0, 0.1) is 0 Å². The third-order valence-electron chi connectivity index (χ3n) is 2.64. The molecule has 2 aromatic rings. The molecule has 0 bridgehead atoms. The van der Waals surface area contributed by atoms with Gasteiger partial charge in [0, 0.05) is 28.6 Å². The number of aliphatic imine (C=N–C) groups is 1. The van der Waals surface area contributed by atoms with Gasteiger partial charge in [-0.2, -0.15) is 0 Å². The zero-order valence-electron chi connectivity index (χ0n) is 8.77. The number of para-hydroxylation sites is 1. The zero-order valence-corrected chi connectivity index (χ0v) is 10.3. The van der Waals surface area contributed by atoms with Gasteiger partial charge in [-0.05, 0) is 24.3 Å². The van der Waals surface area contributed by atoms with Gasteiger partial charge in [-0.15, -0.1) is 0 Å². The molecule has 0 fully saturated rings. The van der Waals surface area contributed by atoms with Gasteiger partial charge in [-0.3, -0.25) is 9.41 Å². The molecular weight excluding hydrogens is 255 g/mol. The SMILES string of the molecule is Clc1ccc2c(c1)N=Cc1ccccc1N2Cl. The molecule has 0 N–H and O–H groups in total. The van der Waals surface area contributed by atoms with Gasteiger partial charge in [0.15, 0.2) is 0 Å². The molecule has 0 spiro atoms. The first-order chi connectivity index (χ1) is 8.25. The Labute approximate surface area is 109 Å². The molecule has 1 aliphatic rings. The molecule has 0 atom stereocenters. The first-order valence-electron chi connectivity index (χ1n) is 5.14. The van der Waals surface area contributed by atoms with Gasteiger partial charge in [0.05, 0.1) is 17.1 Å². The van der Waals surface area contributed by atoms with Gasteiger partial charge in [-0.1, -0.05) is 29.8 Å². The van der Waals surface area contributed by atoms with Crippen LogP contribution in [-0.4, -0.2) is 6.21 Å². The lowest BCUT2D eigenvalue weighted by Crippen LogP contribution is -2.03. The minimum Gasteiger partial charge on any atom is -0.254 e. The molecule has 3 rings (SSSR count). The summed E-state index contributed by atoms with van der Waals surface area (Å²) in [5.41, 5.74) is 3.50. The second-order valence-electron chi connectivity index (χ2n) is 3.73. The van der Waals surface area contributed by atoms with Crippen LogP contribution in [0.2, 0.25) is 5.02 Å². The number of halogens is 2. The maximum atomic E-state index is 6.34. The highest BCUT2D eigenvalue weighted by molar-refractivity contribution is 6.33. The van der Waals surface area contributed by atoms with Crippen LogP contribution in [0.3, 0.4) is 0 Å². The number of nitrogens with zero attached hydrogens (tertiary/aromatic N) is 2. The second kappa shape index (κ2) is 4.06. The molecule has 0 amide bonds. The van der Waals surface area contributed by atoms with Crippen LogP contribution in [0.25, 0.3) is 0 Å². The van der Waals surface area contributed by atoms with Crippen molar-refractivity contribution in [3.8, 4) is 0 Å². The van der Waals surface area contributed by atoms with E-state index in [1.165, 1.54) is 0 Å². The first kappa shape index (κ1) is 10.6. The number of hydrogen-bond acceptors (Lipinski definition) is 2. The molecule has 0 radical (unpaired) electrons. The van der Waals surface area contributed by atoms with Crippen LogP contribution in [0.4, 0.5) is 17.1 Å². The maximum absolute atomic E-state index is 6.34. The van der Waals surface area contributed by atoms with E-state index in [9.17, 15) is 0 Å². The van der Waals surface area contributed by atoms with Crippen LogP contribution in [-0.2, 0) is 0 Å². The largest absolute Gasteiger partial charge is 0.254 e. The summed E-state index contributed by atoms with van der Waals surface area (Å²) in [5, 5.41) is 0.650. The lowest BCUT2D eigenvalue weighted by molar-refractivity contribution is 1.41. The van der Waals surface area contributed by atoms with E-state index in [2.05, 4.69) is 4.99 Å². The Balaban J connectivity index is 2.24. The molecule has 0 aromatic heterocycles. The highest BCUT2D eigenvalue weighted by atomic mass is 35.5. The number of rotatable bonds is 0. The van der Waals surface area contributed by atoms with E-state index < -0.39 is 0 Å². The molecule has 0 aliphatic carbocycles. The summed E-state index contributed by atoms with van der Waals surface area (Å²) in [7, 11) is 0. The number of fused-ring (bicyclic) bond motifs is 2. The average Bonchev–Trinajstić information content (AvgIpc) is 2.48. The van der Waals surface area contributed by atoms with Crippen LogP contribution in [0.15, 0.2) is 47.5 Å². The highest BCUT2D eigenvalue weighted by Gasteiger charge is 2.16. The lowest BCUT2D eigenvalue weighted by atomic mass is 10.2. The fourth-order valence-corrected chi connectivity index (χ4v) is 2.27. The third kappa shape index (κ3) is 1.79. The second-order valence-corrected chi connectivity index (χ2v) is 4.51. The van der Waals surface area contributed by atoms with E-state index >= 15 is 0 Å². The molecular formula is C13H8Cl2N2. The lowest BCUT2D eigenvalue weighted by Gasteiger charge is -2.17. The molecule has 0 saturated carbocycles. The molecule has 2 aromatic carbocycles. The summed E-state index contributed by atoms with van der Waals surface area (Å²) in [6.07, 6.45) is 1.80. The minimum absolute atomic E-state index is 0.650. The van der Waals surface area contributed by atoms with Gasteiger partial charge in [0.2, 0.25) is 0 Å². The molecule has 0 saturated heterocycles. The van der Waals surface area contributed by atoms with Crippen molar-refractivity contribution < 1.29 is 0 Å². The highest BCUT2D eigenvalue weighted by Crippen LogP contribution is 2.40. The van der Waals surface area contributed by atoms with E-state index in [1.54, 1.807) is 22.8 Å². The van der Waals surface area contributed by atoms with Crippen LogP contribution in [0.1, 0.15) is 5.56 Å². The first-order valence-corrected chi connectivity index (χ1v) is 5.86. The van der Waals surface area contributed by atoms with Crippen molar-refractivity contribution in [1.29, 1.82) is 0 Å². The zero-order chi connectivity index (χ0) is 11.8. The summed E-state index contributed by atoms with van der Waals surface area (Å²) >= 11 is 12.3. The van der Waals surface area contributed by atoms with Crippen molar-refractivity contribution in [3.63, 3.8) is 0 Å². The van der Waals surface area contributed by atoms with Crippen molar-refractivity contribution in [2.45, 2.75) is 0 Å². The normalized spacial score (nSPS) is 12.9. The minimum atomic E-state index is 0.650. The number of benzene rings is 2. The Morgan fingerprint density at radius 3 is 2.71 bits per heavy atom. The summed E-state index contributed by atoms with van der Waals surface area (Å²) in [4.78, 5) is 4.40. The van der Waals surface area contributed by atoms with Crippen LogP contribution in [0.5, 0.6) is 0 Å². The summed E-state index contributed by atoms with van der Waals surface area (Å²) in [5.74, 6) is 0. The average molecular weight is 263 g/mol. The molecule has 17 heavy (non-hydrogen) atoms. The van der Waals surface area contributed by atoms with E-state index in [0.29, 0.717) is 5.02 Å². The van der Waals surface area contributed by atoms with Crippen molar-refractivity contribution in [2.75, 3.05) is 4.42 Å². The topological polar surface area (TPSA) is 15.6 Å². The Morgan fingerprint density at radius 2 is 1.82 bits per heavy atom. The van der Waals surface area contributed by atoms with Crippen LogP contribution < -0.4 is 4.42 Å². The van der Waals surface area contributed by atoms with Crippen molar-refractivity contribution in [3.05, 3.63) is 53.1 Å². The summed E-state index contributed by atoms with van der Waals surface area (Å²) in [6, 6.07) is 13.3. The van der Waals surface area contributed by atoms with Crippen molar-refractivity contribution in [2.24, 2.45) is 4.99 Å². The Kier molecular flexibility index (Phi) is 2.54. The number of anilines is 2. The Morgan fingerprint density at radius 1 is 1.00 bits per heavy atom. The maximum Gasteiger partial charge on any atom is 0.0895 e. The van der Waals surface area contributed by atoms with E-state index in [4.69, 9.17) is 23.4 Å². The van der Waals surface area contributed by atoms with Crippen molar-refractivity contribution >= 4 is 46.7 Å². The fraction of sp³-hybridized carbons (Fsp3) is 0. The third-order valence-corrected chi connectivity index (χ3v) is 3.24. The fourth-order valence-electron chi connectivity index (χ4n) is 1.81. The van der Waals surface area contributed by atoms with Gasteiger partial charge in [0.25, 0.3) is 0 Å². The van der Waals surface area contributed by atoms with Gasteiger partial charge in [0.1, 0.15) is 0 Å². The molecule has 1 heterocycles. The molecule has 4 heteroatoms. The predicted octanol–water partition coefficient (Wildman–Crippen LogP) is 4.70. The van der Waals surface area contributed by atoms with Gasteiger partial charge in [-0.25, -0.2) is 0 Å². The summed E-state index contributed by atoms with van der Waals surface area (Å²) in [6.45, 7) is 0. The smallest absolute Gasteiger partial charge is 0.0895 e. The Bertz CT molecular complexity index is 608. The van der Waals surface area contributed by atoms with E-state index in [0.717, 1.165) is 22.6 Å². The monoisotopic (exact) mass is 262 g/mol. The molecule has 0 unspecified atom stereocenters. The van der Waals surface area contributed by atoms with Crippen LogP contribution >= 0.6 is 23.4 Å². The number of hydrogen-bond donors (Lipinski definition) is 0. The van der Waals surface area contributed by atoms with E-state index in [1.807, 2.05) is 30.3 Å². The van der Waals surface area contributed by atoms with Gasteiger partial charge >= 0.3 is 0 Å². The predicted molar refractivity (Wildman–Crippen MR) is 73.1 cm³/mol. The molecule has 2 nitrogen and oxygen atoms in total. The molecule has 84 valence electrons. The summed E-state index contributed by atoms with van der Waals surface area (Å²) < 4.78 is 1.61. The Hall–Kier alpha value is -1.51. The molecule has 1 aliphatic heterocycles. The van der Waals surface area contributed by atoms with E-state index in [-0.39, 0.29) is 0 Å². The quantitative estimate of drug-likeness (QED) is 0.629.